The first-order valence-electron chi connectivity index (χ1n) is 5.65. The number of nitrogens with one attached hydrogen (secondary N) is 1. The molecule has 1 aromatic rings. The van der Waals surface area contributed by atoms with E-state index >= 15 is 0 Å². The van der Waals surface area contributed by atoms with Crippen LogP contribution in [0.4, 0.5) is 17.6 Å². The first-order valence-corrected chi connectivity index (χ1v) is 5.65. The van der Waals surface area contributed by atoms with Gasteiger partial charge in [0, 0.05) is 12.6 Å². The molecule has 100 valence electrons. The lowest BCUT2D eigenvalue weighted by Crippen LogP contribution is -2.23. The van der Waals surface area contributed by atoms with E-state index in [0.717, 1.165) is 25.0 Å². The highest BCUT2D eigenvalue weighted by atomic mass is 19.4. The van der Waals surface area contributed by atoms with Gasteiger partial charge in [0.15, 0.2) is 0 Å². The number of benzene rings is 1. The summed E-state index contributed by atoms with van der Waals surface area (Å²) in [5.74, 6) is -0.995. The molecule has 0 aromatic heterocycles. The van der Waals surface area contributed by atoms with Crippen LogP contribution in [0.25, 0.3) is 0 Å². The van der Waals surface area contributed by atoms with Gasteiger partial charge in [0.2, 0.25) is 0 Å². The summed E-state index contributed by atoms with van der Waals surface area (Å²) in [5.41, 5.74) is -1.14. The highest BCUT2D eigenvalue weighted by Gasteiger charge is 2.32. The van der Waals surface area contributed by atoms with Crippen LogP contribution in [0, 0.1) is 5.82 Å². The second-order valence-corrected chi connectivity index (χ2v) is 4.47. The first-order chi connectivity index (χ1) is 8.36. The van der Waals surface area contributed by atoms with Crippen molar-refractivity contribution in [1.29, 1.82) is 0 Å². The number of rotatable bonds is 4. The van der Waals surface area contributed by atoms with Crippen LogP contribution in [0.1, 0.15) is 30.1 Å². The van der Waals surface area contributed by atoms with Crippen LogP contribution in [-0.4, -0.2) is 17.7 Å². The van der Waals surface area contributed by atoms with E-state index in [9.17, 15) is 22.7 Å². The van der Waals surface area contributed by atoms with Gasteiger partial charge in [-0.3, -0.25) is 0 Å². The van der Waals surface area contributed by atoms with Crippen LogP contribution in [-0.2, 0) is 6.18 Å². The van der Waals surface area contributed by atoms with Gasteiger partial charge in [0.25, 0.3) is 0 Å². The number of alkyl halides is 3. The van der Waals surface area contributed by atoms with Gasteiger partial charge in [-0.25, -0.2) is 4.39 Å². The zero-order valence-electron chi connectivity index (χ0n) is 9.47. The summed E-state index contributed by atoms with van der Waals surface area (Å²) in [6.07, 6.45) is -3.74. The molecule has 6 heteroatoms. The van der Waals surface area contributed by atoms with Crippen molar-refractivity contribution in [1.82, 2.24) is 5.32 Å². The summed E-state index contributed by atoms with van der Waals surface area (Å²) in [5, 5.41) is 12.7. The van der Waals surface area contributed by atoms with E-state index in [1.54, 1.807) is 0 Å². The Morgan fingerprint density at radius 3 is 2.50 bits per heavy atom. The van der Waals surface area contributed by atoms with Crippen LogP contribution in [0.15, 0.2) is 18.2 Å². The van der Waals surface area contributed by atoms with Gasteiger partial charge in [0.05, 0.1) is 11.7 Å². The number of aliphatic hydroxyl groups is 1. The van der Waals surface area contributed by atoms with Gasteiger partial charge in [0.1, 0.15) is 5.82 Å². The fourth-order valence-corrected chi connectivity index (χ4v) is 1.65. The second kappa shape index (κ2) is 4.85. The summed E-state index contributed by atoms with van der Waals surface area (Å²) in [4.78, 5) is 0. The maximum Gasteiger partial charge on any atom is 0.416 e. The smallest absolute Gasteiger partial charge is 0.387 e. The van der Waals surface area contributed by atoms with Gasteiger partial charge < -0.3 is 10.4 Å². The molecule has 1 aliphatic carbocycles. The second-order valence-electron chi connectivity index (χ2n) is 4.47. The third-order valence-electron chi connectivity index (χ3n) is 2.81. The Labute approximate surface area is 102 Å². The van der Waals surface area contributed by atoms with Crippen LogP contribution in [0.2, 0.25) is 0 Å². The van der Waals surface area contributed by atoms with E-state index in [1.165, 1.54) is 0 Å². The lowest BCUT2D eigenvalue weighted by atomic mass is 10.1. The Hall–Kier alpha value is -1.14. The van der Waals surface area contributed by atoms with Crippen LogP contribution >= 0.6 is 0 Å². The molecule has 0 bridgehead atoms. The molecule has 0 spiro atoms. The predicted octanol–water partition coefficient (Wildman–Crippen LogP) is 2.63. The Morgan fingerprint density at radius 1 is 1.28 bits per heavy atom. The van der Waals surface area contributed by atoms with E-state index in [1.807, 2.05) is 0 Å². The van der Waals surface area contributed by atoms with Crippen molar-refractivity contribution in [2.75, 3.05) is 6.54 Å². The third kappa shape index (κ3) is 3.43. The Kier molecular flexibility index (Phi) is 3.59. The fraction of sp³-hybridized carbons (Fsp3) is 0.500. The average Bonchev–Trinajstić information content (AvgIpc) is 3.07. The minimum absolute atomic E-state index is 0.0597. The molecule has 0 heterocycles. The quantitative estimate of drug-likeness (QED) is 0.818. The van der Waals surface area contributed by atoms with E-state index in [4.69, 9.17) is 0 Å². The topological polar surface area (TPSA) is 32.3 Å². The van der Waals surface area contributed by atoms with Crippen molar-refractivity contribution < 1.29 is 22.7 Å². The van der Waals surface area contributed by atoms with Crippen LogP contribution in [0.3, 0.4) is 0 Å². The molecule has 1 aromatic carbocycles. The number of hydrogen-bond donors (Lipinski definition) is 2. The summed E-state index contributed by atoms with van der Waals surface area (Å²) in [6, 6.07) is 2.46. The molecule has 1 unspecified atom stereocenters. The minimum Gasteiger partial charge on any atom is -0.387 e. The van der Waals surface area contributed by atoms with Crippen molar-refractivity contribution in [3.8, 4) is 0 Å². The van der Waals surface area contributed by atoms with Crippen molar-refractivity contribution in [2.45, 2.75) is 31.2 Å². The molecule has 2 rings (SSSR count). The van der Waals surface area contributed by atoms with Crippen LogP contribution in [0.5, 0.6) is 0 Å². The zero-order chi connectivity index (χ0) is 13.3. The maximum atomic E-state index is 13.1. The normalized spacial score (nSPS) is 17.8. The standard InChI is InChI=1S/C12H13F4NO/c13-9-4-7(3-8(5-9)12(14,15)16)11(18)6-17-10-1-2-10/h3-5,10-11,17-18H,1-2,6H2. The number of hydrogen-bond acceptors (Lipinski definition) is 2. The Morgan fingerprint density at radius 2 is 1.94 bits per heavy atom. The minimum atomic E-state index is -4.61. The maximum absolute atomic E-state index is 13.1. The molecule has 2 nitrogen and oxygen atoms in total. The van der Waals surface area contributed by atoms with E-state index in [-0.39, 0.29) is 12.1 Å². The monoisotopic (exact) mass is 263 g/mol. The van der Waals surface area contributed by atoms with Crippen molar-refractivity contribution in [3.63, 3.8) is 0 Å². The molecule has 0 amide bonds. The van der Waals surface area contributed by atoms with Gasteiger partial charge in [-0.05, 0) is 36.6 Å². The molecule has 1 fully saturated rings. The number of aliphatic hydroxyl groups excluding tert-OH is 1. The van der Waals surface area contributed by atoms with Crippen molar-refractivity contribution in [3.05, 3.63) is 35.1 Å². The molecule has 1 saturated carbocycles. The molecule has 2 N–H and O–H groups in total. The van der Waals surface area contributed by atoms with Crippen molar-refractivity contribution >= 4 is 0 Å². The van der Waals surface area contributed by atoms with E-state index < -0.39 is 23.7 Å². The van der Waals surface area contributed by atoms with Gasteiger partial charge in [-0.15, -0.1) is 0 Å². The predicted molar refractivity (Wildman–Crippen MR) is 57.4 cm³/mol. The fourth-order valence-electron chi connectivity index (χ4n) is 1.65. The summed E-state index contributed by atoms with van der Waals surface area (Å²) < 4.78 is 50.5. The van der Waals surface area contributed by atoms with Gasteiger partial charge >= 0.3 is 6.18 Å². The lowest BCUT2D eigenvalue weighted by molar-refractivity contribution is -0.137. The average molecular weight is 263 g/mol. The molecular weight excluding hydrogens is 250 g/mol. The van der Waals surface area contributed by atoms with E-state index in [0.29, 0.717) is 12.1 Å². The summed E-state index contributed by atoms with van der Waals surface area (Å²) in [6.45, 7) is 0.130. The lowest BCUT2D eigenvalue weighted by Gasteiger charge is -2.14. The molecular formula is C12H13F4NO. The van der Waals surface area contributed by atoms with Crippen LogP contribution < -0.4 is 5.32 Å². The molecule has 1 aliphatic rings. The highest BCUT2D eigenvalue weighted by Crippen LogP contribution is 2.31. The molecule has 0 radical (unpaired) electrons. The highest BCUT2D eigenvalue weighted by molar-refractivity contribution is 5.28. The largest absolute Gasteiger partial charge is 0.416 e. The zero-order valence-corrected chi connectivity index (χ0v) is 9.47. The van der Waals surface area contributed by atoms with Gasteiger partial charge in [-0.1, -0.05) is 0 Å². The van der Waals surface area contributed by atoms with Gasteiger partial charge in [-0.2, -0.15) is 13.2 Å². The molecule has 1 atom stereocenters. The molecule has 0 aliphatic heterocycles. The van der Waals surface area contributed by atoms with Crippen molar-refractivity contribution in [2.24, 2.45) is 0 Å². The number of halogens is 4. The summed E-state index contributed by atoms with van der Waals surface area (Å²) in [7, 11) is 0. The third-order valence-corrected chi connectivity index (χ3v) is 2.81. The molecule has 0 saturated heterocycles. The Bertz CT molecular complexity index is 429. The first kappa shape index (κ1) is 13.3. The molecule has 18 heavy (non-hydrogen) atoms. The summed E-state index contributed by atoms with van der Waals surface area (Å²) >= 11 is 0. The SMILES string of the molecule is OC(CNC1CC1)c1cc(F)cc(C(F)(F)F)c1. The van der Waals surface area contributed by atoms with E-state index in [2.05, 4.69) is 5.32 Å². The Balaban J connectivity index is 2.12.